The third-order valence-electron chi connectivity index (χ3n) is 3.98. The fraction of sp³-hybridized carbons (Fsp3) is 1.00. The molecule has 0 fully saturated rings. The maximum Gasteiger partial charge on any atom is 0.0701 e. The normalized spacial score (nSPS) is 11.3. The maximum atomic E-state index is 5.59. The standard InChI is InChI=1S/C20H41IO4/c1-2-3-4-5-6-7-8-9-10-11-13-22-15-17-24-19-20-25-18-16-23-14-12-21/h2-20H2,1H3. The van der Waals surface area contributed by atoms with Crippen molar-refractivity contribution >= 4 is 22.6 Å². The van der Waals surface area contributed by atoms with Crippen LogP contribution in [0, 0.1) is 0 Å². The molecule has 25 heavy (non-hydrogen) atoms. The lowest BCUT2D eigenvalue weighted by Crippen LogP contribution is -2.12. The minimum Gasteiger partial charge on any atom is -0.379 e. The first-order valence-electron chi connectivity index (χ1n) is 10.3. The largest absolute Gasteiger partial charge is 0.379 e. The zero-order valence-electron chi connectivity index (χ0n) is 16.4. The summed E-state index contributed by atoms with van der Waals surface area (Å²) in [5.41, 5.74) is 0. The Morgan fingerprint density at radius 2 is 0.800 bits per heavy atom. The zero-order valence-corrected chi connectivity index (χ0v) is 18.6. The molecule has 0 atom stereocenters. The van der Waals surface area contributed by atoms with E-state index in [9.17, 15) is 0 Å². The van der Waals surface area contributed by atoms with Gasteiger partial charge in [0.25, 0.3) is 0 Å². The Morgan fingerprint density at radius 1 is 0.440 bits per heavy atom. The number of halogens is 1. The van der Waals surface area contributed by atoms with Crippen molar-refractivity contribution in [2.45, 2.75) is 71.1 Å². The average Bonchev–Trinajstić information content (AvgIpc) is 2.63. The highest BCUT2D eigenvalue weighted by Gasteiger charge is 1.94. The molecule has 5 heteroatoms. The molecule has 0 aliphatic heterocycles. The predicted molar refractivity (Wildman–Crippen MR) is 114 cm³/mol. The molecule has 0 bridgehead atoms. The fourth-order valence-corrected chi connectivity index (χ4v) is 2.82. The van der Waals surface area contributed by atoms with E-state index in [1.54, 1.807) is 0 Å². The number of hydrogen-bond donors (Lipinski definition) is 0. The lowest BCUT2D eigenvalue weighted by atomic mass is 10.1. The van der Waals surface area contributed by atoms with E-state index in [1.807, 2.05) is 0 Å². The molecule has 0 aliphatic rings. The van der Waals surface area contributed by atoms with Crippen molar-refractivity contribution in [2.75, 3.05) is 57.3 Å². The Hall–Kier alpha value is 0.570. The second-order valence-electron chi connectivity index (χ2n) is 6.32. The van der Waals surface area contributed by atoms with Crippen LogP contribution in [-0.4, -0.2) is 57.3 Å². The lowest BCUT2D eigenvalue weighted by Gasteiger charge is -2.07. The first kappa shape index (κ1) is 25.6. The summed E-state index contributed by atoms with van der Waals surface area (Å²) in [6.45, 7) is 7.87. The van der Waals surface area contributed by atoms with Crippen molar-refractivity contribution in [2.24, 2.45) is 0 Å². The molecule has 0 unspecified atom stereocenters. The van der Waals surface area contributed by atoms with Crippen molar-refractivity contribution < 1.29 is 18.9 Å². The quantitative estimate of drug-likeness (QED) is 0.120. The van der Waals surface area contributed by atoms with Crippen molar-refractivity contribution in [1.29, 1.82) is 0 Å². The highest BCUT2D eigenvalue weighted by Crippen LogP contribution is 2.10. The number of rotatable bonds is 22. The van der Waals surface area contributed by atoms with Crippen LogP contribution in [0.5, 0.6) is 0 Å². The van der Waals surface area contributed by atoms with Crippen molar-refractivity contribution in [3.8, 4) is 0 Å². The van der Waals surface area contributed by atoms with E-state index in [4.69, 9.17) is 18.9 Å². The summed E-state index contributed by atoms with van der Waals surface area (Å²) >= 11 is 2.30. The van der Waals surface area contributed by atoms with E-state index >= 15 is 0 Å². The van der Waals surface area contributed by atoms with Crippen molar-refractivity contribution in [3.05, 3.63) is 0 Å². The number of ether oxygens (including phenoxy) is 4. The molecule has 0 aliphatic carbocycles. The zero-order chi connectivity index (χ0) is 18.3. The van der Waals surface area contributed by atoms with Gasteiger partial charge < -0.3 is 18.9 Å². The van der Waals surface area contributed by atoms with Crippen LogP contribution in [-0.2, 0) is 18.9 Å². The molecule has 0 saturated carbocycles. The van der Waals surface area contributed by atoms with Gasteiger partial charge in [0, 0.05) is 11.0 Å². The van der Waals surface area contributed by atoms with Crippen LogP contribution >= 0.6 is 22.6 Å². The van der Waals surface area contributed by atoms with Gasteiger partial charge in [0.2, 0.25) is 0 Å². The van der Waals surface area contributed by atoms with Gasteiger partial charge in [-0.2, -0.15) is 0 Å². The van der Waals surface area contributed by atoms with Crippen LogP contribution in [0.15, 0.2) is 0 Å². The second kappa shape index (κ2) is 24.6. The van der Waals surface area contributed by atoms with Crippen LogP contribution in [0.3, 0.4) is 0 Å². The summed E-state index contributed by atoms with van der Waals surface area (Å²) in [4.78, 5) is 0. The number of alkyl halides is 1. The topological polar surface area (TPSA) is 36.9 Å². The SMILES string of the molecule is CCCCCCCCCCCCOCCOCCOCCOCCI. The third-order valence-corrected chi connectivity index (χ3v) is 4.42. The summed E-state index contributed by atoms with van der Waals surface area (Å²) in [6.07, 6.45) is 13.6. The van der Waals surface area contributed by atoms with E-state index in [2.05, 4.69) is 29.5 Å². The molecule has 0 aromatic heterocycles. The molecular weight excluding hydrogens is 431 g/mol. The van der Waals surface area contributed by atoms with E-state index in [0.717, 1.165) is 17.6 Å². The van der Waals surface area contributed by atoms with E-state index < -0.39 is 0 Å². The van der Waals surface area contributed by atoms with Crippen molar-refractivity contribution in [3.63, 3.8) is 0 Å². The molecule has 152 valence electrons. The van der Waals surface area contributed by atoms with Crippen LogP contribution in [0.2, 0.25) is 0 Å². The Labute approximate surface area is 169 Å². The molecule has 0 rings (SSSR count). The van der Waals surface area contributed by atoms with Crippen LogP contribution in [0.1, 0.15) is 71.1 Å². The fourth-order valence-electron chi connectivity index (χ4n) is 2.51. The van der Waals surface area contributed by atoms with E-state index in [1.165, 1.54) is 64.2 Å². The van der Waals surface area contributed by atoms with Crippen LogP contribution < -0.4 is 0 Å². The van der Waals surface area contributed by atoms with Gasteiger partial charge in [0.05, 0.1) is 46.2 Å². The molecular formula is C20H41IO4. The van der Waals surface area contributed by atoms with Gasteiger partial charge in [-0.15, -0.1) is 0 Å². The van der Waals surface area contributed by atoms with Gasteiger partial charge in [-0.3, -0.25) is 0 Å². The molecule has 4 nitrogen and oxygen atoms in total. The first-order chi connectivity index (χ1) is 12.4. The van der Waals surface area contributed by atoms with Gasteiger partial charge in [0.1, 0.15) is 0 Å². The summed E-state index contributed by atoms with van der Waals surface area (Å²) in [7, 11) is 0. The molecule has 0 aromatic carbocycles. The average molecular weight is 472 g/mol. The maximum absolute atomic E-state index is 5.59. The highest BCUT2D eigenvalue weighted by atomic mass is 127. The van der Waals surface area contributed by atoms with Crippen molar-refractivity contribution in [1.82, 2.24) is 0 Å². The van der Waals surface area contributed by atoms with Gasteiger partial charge >= 0.3 is 0 Å². The molecule has 0 aromatic rings. The Kier molecular flexibility index (Phi) is 25.1. The molecule has 0 radical (unpaired) electrons. The molecule has 0 heterocycles. The number of hydrogen-bond acceptors (Lipinski definition) is 4. The number of unbranched alkanes of at least 4 members (excludes halogenated alkanes) is 9. The van der Waals surface area contributed by atoms with E-state index in [0.29, 0.717) is 39.6 Å². The Morgan fingerprint density at radius 3 is 1.24 bits per heavy atom. The first-order valence-corrected chi connectivity index (χ1v) is 11.8. The second-order valence-corrected chi connectivity index (χ2v) is 7.40. The van der Waals surface area contributed by atoms with Crippen LogP contribution in [0.25, 0.3) is 0 Å². The Bertz CT molecular complexity index is 208. The molecule has 0 spiro atoms. The summed E-state index contributed by atoms with van der Waals surface area (Å²) in [6, 6.07) is 0. The highest BCUT2D eigenvalue weighted by molar-refractivity contribution is 14.1. The van der Waals surface area contributed by atoms with Crippen LogP contribution in [0.4, 0.5) is 0 Å². The molecule has 0 amide bonds. The van der Waals surface area contributed by atoms with Gasteiger partial charge in [-0.1, -0.05) is 87.3 Å². The lowest BCUT2D eigenvalue weighted by molar-refractivity contribution is -0.000458. The monoisotopic (exact) mass is 472 g/mol. The van der Waals surface area contributed by atoms with Gasteiger partial charge in [-0.05, 0) is 6.42 Å². The molecule has 0 saturated heterocycles. The third kappa shape index (κ3) is 24.6. The minimum atomic E-state index is 0.631. The smallest absolute Gasteiger partial charge is 0.0701 e. The predicted octanol–water partition coefficient (Wildman–Crippen LogP) is 5.41. The summed E-state index contributed by atoms with van der Waals surface area (Å²) < 4.78 is 22.8. The van der Waals surface area contributed by atoms with Gasteiger partial charge in [0.15, 0.2) is 0 Å². The van der Waals surface area contributed by atoms with E-state index in [-0.39, 0.29) is 0 Å². The molecule has 0 N–H and O–H groups in total. The summed E-state index contributed by atoms with van der Waals surface area (Å²) in [5, 5.41) is 0. The Balaban J connectivity index is 2.94. The summed E-state index contributed by atoms with van der Waals surface area (Å²) in [5.74, 6) is 0. The van der Waals surface area contributed by atoms with Gasteiger partial charge in [-0.25, -0.2) is 0 Å². The minimum absolute atomic E-state index is 0.631.